The number of carbonyl (C=O) groups excluding carboxylic acids is 4. The summed E-state index contributed by atoms with van der Waals surface area (Å²) in [6.07, 6.45) is 12.4. The van der Waals surface area contributed by atoms with Crippen molar-refractivity contribution < 1.29 is 54.9 Å². The van der Waals surface area contributed by atoms with Gasteiger partial charge < -0.3 is 41.1 Å². The summed E-state index contributed by atoms with van der Waals surface area (Å²) < 4.78 is 4.88. The first-order valence-corrected chi connectivity index (χ1v) is 35.7. The Bertz CT molecular complexity index is 3830. The summed E-state index contributed by atoms with van der Waals surface area (Å²) in [5, 5.41) is 60.5. The summed E-state index contributed by atoms with van der Waals surface area (Å²) in [6.45, 7) is 18.4. The van der Waals surface area contributed by atoms with E-state index in [-0.39, 0.29) is 79.1 Å². The monoisotopic (exact) mass is 1810 g/mol. The van der Waals surface area contributed by atoms with Gasteiger partial charge in [0.15, 0.2) is 0 Å². The molecule has 0 unspecified atom stereocenters. The Balaban J connectivity index is -0.00000112. The van der Waals surface area contributed by atoms with Crippen LogP contribution in [-0.2, 0) is 25.8 Å². The molecular weight excluding hydrogens is 1720 g/mol. The second-order valence-corrected chi connectivity index (χ2v) is 27.7. The molecule has 16 heteroatoms. The lowest BCUT2D eigenvalue weighted by atomic mass is 9.88. The number of ketones is 3. The molecule has 8 N–H and O–H groups in total. The number of Topliss-reactive ketones (excluding diaryl/α,β-unsaturated/α-hetero) is 3. The highest BCUT2D eigenvalue weighted by atomic mass is 127. The predicted molar refractivity (Wildman–Crippen MR) is 445 cm³/mol. The zero-order valence-corrected chi connectivity index (χ0v) is 68.1. The van der Waals surface area contributed by atoms with E-state index in [1.807, 2.05) is 202 Å². The Morgan fingerprint density at radius 3 is 0.822 bits per heavy atom. The summed E-state index contributed by atoms with van der Waals surface area (Å²) in [5.74, 6) is 44.9. The number of hydrogen-bond donors (Lipinski definition) is 8. The molecule has 6 aromatic rings. The van der Waals surface area contributed by atoms with Crippen molar-refractivity contribution in [3.05, 3.63) is 204 Å². The van der Waals surface area contributed by atoms with Gasteiger partial charge in [0.1, 0.15) is 50.4 Å². The van der Waals surface area contributed by atoms with Crippen LogP contribution in [0.4, 0.5) is 0 Å². The number of amides is 1. The van der Waals surface area contributed by atoms with Crippen LogP contribution < -0.4 is 5.32 Å². The van der Waals surface area contributed by atoms with Gasteiger partial charge in [-0.2, -0.15) is 0 Å². The zero-order valence-electron chi connectivity index (χ0n) is 59.5. The van der Waals surface area contributed by atoms with Gasteiger partial charge in [0.2, 0.25) is 5.91 Å². The molecule has 532 valence electrons. The van der Waals surface area contributed by atoms with Crippen LogP contribution in [0.1, 0.15) is 152 Å². The van der Waals surface area contributed by atoms with Gasteiger partial charge in [0, 0.05) is 122 Å². The van der Waals surface area contributed by atoms with E-state index in [2.05, 4.69) is 203 Å². The molecule has 0 saturated heterocycles. The van der Waals surface area contributed by atoms with Crippen LogP contribution in [0.3, 0.4) is 0 Å². The second kappa shape index (κ2) is 61.2. The molecule has 12 nitrogen and oxygen atoms in total. The van der Waals surface area contributed by atoms with E-state index in [9.17, 15) is 19.2 Å². The fourth-order valence-corrected chi connectivity index (χ4v) is 8.41. The number of rotatable bonds is 8. The third-order valence-electron chi connectivity index (χ3n) is 12.0. The van der Waals surface area contributed by atoms with Crippen LogP contribution in [-0.4, -0.2) is 106 Å². The molecule has 101 heavy (non-hydrogen) atoms. The van der Waals surface area contributed by atoms with Gasteiger partial charge in [-0.1, -0.05) is 236 Å². The number of halogens is 4. The topological polar surface area (TPSA) is 222 Å². The van der Waals surface area contributed by atoms with E-state index in [0.717, 1.165) is 58.8 Å². The van der Waals surface area contributed by atoms with Gasteiger partial charge in [-0.3, -0.25) is 19.2 Å². The summed E-state index contributed by atoms with van der Waals surface area (Å²) in [5.41, 5.74) is 5.99. The average molecular weight is 1810 g/mol. The maximum Gasteiger partial charge on any atom is 0.217 e. The first-order valence-electron chi connectivity index (χ1n) is 31.4. The van der Waals surface area contributed by atoms with Crippen LogP contribution in [0.15, 0.2) is 146 Å². The normalized spacial score (nSPS) is 9.19. The van der Waals surface area contributed by atoms with Crippen molar-refractivity contribution in [3.8, 4) is 108 Å². The van der Waals surface area contributed by atoms with E-state index >= 15 is 0 Å². The molecule has 0 radical (unpaired) electrons. The van der Waals surface area contributed by atoms with E-state index in [1.165, 1.54) is 14.1 Å². The van der Waals surface area contributed by atoms with Gasteiger partial charge in [-0.05, 0) is 163 Å². The lowest BCUT2D eigenvalue weighted by Crippen LogP contribution is -2.19. The van der Waals surface area contributed by atoms with Crippen molar-refractivity contribution >= 4 is 114 Å². The zero-order chi connectivity index (χ0) is 76.9. The largest absolute Gasteiger partial charge is 0.400 e. The molecule has 0 aliphatic rings. The second-order valence-electron chi connectivity index (χ2n) is 23.0. The molecule has 0 bridgehead atoms. The van der Waals surface area contributed by atoms with E-state index in [0.29, 0.717) is 45.1 Å². The van der Waals surface area contributed by atoms with Crippen LogP contribution in [0.5, 0.6) is 0 Å². The number of terminal acetylenes is 2. The van der Waals surface area contributed by atoms with Gasteiger partial charge in [-0.25, -0.2) is 0 Å². The van der Waals surface area contributed by atoms with Crippen molar-refractivity contribution in [2.24, 2.45) is 16.2 Å². The van der Waals surface area contributed by atoms with E-state index in [4.69, 9.17) is 42.2 Å². The van der Waals surface area contributed by atoms with Gasteiger partial charge in [-0.15, -0.1) is 12.8 Å². The standard InChI is InChI=1S/2C18H20O2.C16H20O2.2C9H7IO.C6H4I2.C5H7NO.C3H4O.CH4O/c2*1-18(2,3)17(20)13-7-6-11-15-9-4-5-10-16(15)12-8-14-19;1-16(2,3)15(18)11-7-6-9-13-8-4-5-10-14(13)12-17;2*10-9-6-2-1-4-8(9)5-3-7-11;7-5-3-1-2-4-6(5)8;1-3-4-6-5(2)7;1-2-3-4;1-2/h2*4-5,9-10,19H,7,13-14H2,1-3H3;4-5,8,10,17H,7,11-12H2,1-3H3;2*1-2,4,6,11H,7H2;1-4H;1H,4H2,2H3,(H,6,7);1,4H,3H2;2H,1H3. The van der Waals surface area contributed by atoms with Crippen molar-refractivity contribution in [2.45, 2.75) is 114 Å². The van der Waals surface area contributed by atoms with Crippen LogP contribution in [0, 0.1) is 138 Å². The highest BCUT2D eigenvalue weighted by molar-refractivity contribution is 14.1. The lowest BCUT2D eigenvalue weighted by Gasteiger charge is -2.14. The third-order valence-corrected chi connectivity index (χ3v) is 16.8. The number of nitrogens with one attached hydrogen (secondary N) is 1. The summed E-state index contributed by atoms with van der Waals surface area (Å²) >= 11 is 9.07. The van der Waals surface area contributed by atoms with Gasteiger partial charge >= 0.3 is 0 Å². The number of aliphatic hydroxyl groups excluding tert-OH is 7. The van der Waals surface area contributed by atoms with Crippen molar-refractivity contribution in [3.63, 3.8) is 0 Å². The molecule has 1 amide bonds. The number of benzene rings is 6. The molecule has 0 aromatic heterocycles. The highest BCUT2D eigenvalue weighted by Crippen LogP contribution is 2.20. The van der Waals surface area contributed by atoms with Crippen LogP contribution in [0.25, 0.3) is 0 Å². The fourth-order valence-electron chi connectivity index (χ4n) is 6.59. The lowest BCUT2D eigenvalue weighted by molar-refractivity contribution is -0.126. The molecule has 0 spiro atoms. The third kappa shape index (κ3) is 52.2. The molecule has 0 atom stereocenters. The van der Waals surface area contributed by atoms with Crippen molar-refractivity contribution in [2.75, 3.05) is 46.7 Å². The molecule has 0 aliphatic heterocycles. The van der Waals surface area contributed by atoms with Gasteiger partial charge in [0.25, 0.3) is 0 Å². The molecule has 0 aliphatic carbocycles. The summed E-state index contributed by atoms with van der Waals surface area (Å²) in [4.78, 5) is 45.2. The Labute approximate surface area is 656 Å². The molecule has 0 heterocycles. The first-order chi connectivity index (χ1) is 48.0. The highest BCUT2D eigenvalue weighted by Gasteiger charge is 2.21. The van der Waals surface area contributed by atoms with Crippen molar-refractivity contribution in [1.82, 2.24) is 5.32 Å². The minimum Gasteiger partial charge on any atom is -0.400 e. The maximum absolute atomic E-state index is 11.8. The minimum absolute atomic E-state index is 0.00816. The fraction of sp³-hybridized carbons (Fsp3) is 0.318. The SMILES string of the molecule is C#CCNC(C)=O.C#CCO.CC(C)(C)C(=O)CCC#Cc1ccccc1C#CCO.CC(C)(C)C(=O)CCC#Cc1ccccc1C#CCO.CC(C)(C)C(=O)CCC#Cc1ccccc1CO.CO.Ic1ccccc1I.OCC#Cc1ccccc1I.OCC#Cc1ccccc1I. The number of aliphatic hydroxyl groups is 7. The minimum atomic E-state index is -0.299. The summed E-state index contributed by atoms with van der Waals surface area (Å²) in [7, 11) is 1.00. The molecule has 6 rings (SSSR count). The Kier molecular flexibility index (Phi) is 59.1. The molecule has 6 aromatic carbocycles. The molecular formula is C85H93I4NO11. The first kappa shape index (κ1) is 97.7. The quantitative estimate of drug-likeness (QED) is 0.0529. The van der Waals surface area contributed by atoms with E-state index in [1.54, 1.807) is 0 Å². The average Bonchev–Trinajstić information content (AvgIpc) is 1.04. The Hall–Kier alpha value is -7.52. The summed E-state index contributed by atoms with van der Waals surface area (Å²) in [6, 6.07) is 46.5. The smallest absolute Gasteiger partial charge is 0.217 e. The predicted octanol–water partition coefficient (Wildman–Crippen LogP) is 13.6. The number of carbonyl (C=O) groups is 4. The van der Waals surface area contributed by atoms with Gasteiger partial charge in [0.05, 0.1) is 13.2 Å². The maximum atomic E-state index is 11.8. The Morgan fingerprint density at radius 2 is 0.594 bits per heavy atom. The van der Waals surface area contributed by atoms with Crippen molar-refractivity contribution in [1.29, 1.82) is 0 Å². The van der Waals surface area contributed by atoms with Crippen LogP contribution in [0.2, 0.25) is 0 Å². The molecule has 0 saturated carbocycles. The number of hydrogen-bond acceptors (Lipinski definition) is 11. The molecule has 0 fully saturated rings. The van der Waals surface area contributed by atoms with E-state index < -0.39 is 0 Å². The van der Waals surface area contributed by atoms with Crippen LogP contribution >= 0.6 is 90.4 Å². The Morgan fingerprint density at radius 1 is 0.356 bits per heavy atom.